The maximum Gasteiger partial charge on any atom is 0.254 e. The number of carbonyl (C=O) groups is 2. The molecule has 0 spiro atoms. The highest BCUT2D eigenvalue weighted by Crippen LogP contribution is 2.42. The molecule has 0 saturated heterocycles. The molecular formula is C22H20BrN3O2. The molecule has 1 atom stereocenters. The average Bonchev–Trinajstić information content (AvgIpc) is 2.68. The van der Waals surface area contributed by atoms with Crippen molar-refractivity contribution in [2.45, 2.75) is 32.1 Å². The smallest absolute Gasteiger partial charge is 0.254 e. The van der Waals surface area contributed by atoms with Crippen molar-refractivity contribution in [3.63, 3.8) is 0 Å². The zero-order valence-electron chi connectivity index (χ0n) is 15.5. The first-order chi connectivity index (χ1) is 13.5. The third-order valence-electron chi connectivity index (χ3n) is 5.12. The Kier molecular flexibility index (Phi) is 5.13. The molecule has 5 nitrogen and oxygen atoms in total. The van der Waals surface area contributed by atoms with Crippen LogP contribution in [0.5, 0.6) is 0 Å². The van der Waals surface area contributed by atoms with E-state index >= 15 is 0 Å². The maximum absolute atomic E-state index is 13.2. The first-order valence-electron chi connectivity index (χ1n) is 9.25. The van der Waals surface area contributed by atoms with Crippen molar-refractivity contribution in [3.05, 3.63) is 81.4 Å². The Bertz CT molecular complexity index is 1010. The fourth-order valence-electron chi connectivity index (χ4n) is 3.94. The molecule has 1 aliphatic heterocycles. The lowest BCUT2D eigenvalue weighted by molar-refractivity contribution is -0.116. The molecule has 2 aromatic rings. The second kappa shape index (κ2) is 7.72. The number of anilines is 1. The number of carbonyl (C=O) groups excluding carboxylic acids is 2. The molecule has 2 N–H and O–H groups in total. The van der Waals surface area contributed by atoms with Gasteiger partial charge in [-0.2, -0.15) is 0 Å². The lowest BCUT2D eigenvalue weighted by atomic mass is 9.75. The number of dihydropyridines is 1. The predicted octanol–water partition coefficient (Wildman–Crippen LogP) is 4.45. The van der Waals surface area contributed by atoms with Gasteiger partial charge in [0.1, 0.15) is 0 Å². The predicted molar refractivity (Wildman–Crippen MR) is 111 cm³/mol. The van der Waals surface area contributed by atoms with Crippen LogP contribution in [0.1, 0.15) is 37.7 Å². The number of nitrogens with zero attached hydrogens (tertiary/aromatic N) is 1. The number of amides is 1. The number of hydrogen-bond donors (Lipinski definition) is 2. The van der Waals surface area contributed by atoms with Gasteiger partial charge in [-0.3, -0.25) is 14.6 Å². The third-order valence-corrected chi connectivity index (χ3v) is 5.62. The highest BCUT2D eigenvalue weighted by atomic mass is 79.9. The van der Waals surface area contributed by atoms with E-state index in [9.17, 15) is 9.59 Å². The van der Waals surface area contributed by atoms with Crippen molar-refractivity contribution in [2.24, 2.45) is 0 Å². The van der Waals surface area contributed by atoms with Gasteiger partial charge < -0.3 is 10.6 Å². The van der Waals surface area contributed by atoms with Gasteiger partial charge in [0.15, 0.2) is 5.78 Å². The Morgan fingerprint density at radius 2 is 2.11 bits per heavy atom. The second-order valence-electron chi connectivity index (χ2n) is 7.02. The van der Waals surface area contributed by atoms with Crippen LogP contribution in [-0.2, 0) is 9.59 Å². The van der Waals surface area contributed by atoms with Gasteiger partial charge in [-0.1, -0.05) is 28.1 Å². The molecule has 6 heteroatoms. The lowest BCUT2D eigenvalue weighted by Crippen LogP contribution is -2.35. The molecule has 0 saturated carbocycles. The van der Waals surface area contributed by atoms with Gasteiger partial charge in [0.2, 0.25) is 0 Å². The molecule has 0 radical (unpaired) electrons. The molecule has 2 heterocycles. The summed E-state index contributed by atoms with van der Waals surface area (Å²) in [7, 11) is 0. The molecule has 1 aliphatic carbocycles. The van der Waals surface area contributed by atoms with Crippen molar-refractivity contribution in [1.82, 2.24) is 10.3 Å². The number of aromatic nitrogens is 1. The molecule has 28 heavy (non-hydrogen) atoms. The Hall–Kier alpha value is -2.73. The molecule has 142 valence electrons. The Morgan fingerprint density at radius 1 is 1.25 bits per heavy atom. The van der Waals surface area contributed by atoms with E-state index in [2.05, 4.69) is 31.5 Å². The first kappa shape index (κ1) is 18.6. The van der Waals surface area contributed by atoms with Crippen LogP contribution >= 0.6 is 15.9 Å². The quantitative estimate of drug-likeness (QED) is 0.743. The van der Waals surface area contributed by atoms with E-state index < -0.39 is 5.92 Å². The third kappa shape index (κ3) is 3.52. The van der Waals surface area contributed by atoms with Crippen LogP contribution in [-0.4, -0.2) is 16.7 Å². The SMILES string of the molecule is CC1=C(C(=O)Nc2cccnc2)C(c2cccc(Br)c2)C2=C(CCCC2=O)N1. The number of hydrogen-bond acceptors (Lipinski definition) is 4. The largest absolute Gasteiger partial charge is 0.362 e. The molecule has 2 aliphatic rings. The minimum atomic E-state index is -0.391. The first-order valence-corrected chi connectivity index (χ1v) is 10.0. The molecular weight excluding hydrogens is 418 g/mol. The Morgan fingerprint density at radius 3 is 2.86 bits per heavy atom. The second-order valence-corrected chi connectivity index (χ2v) is 7.93. The summed E-state index contributed by atoms with van der Waals surface area (Å²) in [6.07, 6.45) is 5.43. The van der Waals surface area contributed by atoms with Crippen LogP contribution in [0, 0.1) is 0 Å². The van der Waals surface area contributed by atoms with E-state index in [0.29, 0.717) is 23.3 Å². The van der Waals surface area contributed by atoms with E-state index in [4.69, 9.17) is 0 Å². The van der Waals surface area contributed by atoms with E-state index in [-0.39, 0.29) is 11.7 Å². The van der Waals surface area contributed by atoms with E-state index in [1.807, 2.05) is 31.2 Å². The van der Waals surface area contributed by atoms with Gasteiger partial charge in [-0.25, -0.2) is 0 Å². The van der Waals surface area contributed by atoms with Gasteiger partial charge in [0.25, 0.3) is 5.91 Å². The number of Topliss-reactive ketones (excluding diaryl/α,β-unsaturated/α-hetero) is 1. The zero-order chi connectivity index (χ0) is 19.7. The normalized spacial score (nSPS) is 19.2. The van der Waals surface area contributed by atoms with Gasteiger partial charge >= 0.3 is 0 Å². The Balaban J connectivity index is 1.80. The number of halogens is 1. The van der Waals surface area contributed by atoms with Crippen molar-refractivity contribution in [1.29, 1.82) is 0 Å². The van der Waals surface area contributed by atoms with E-state index in [1.54, 1.807) is 24.5 Å². The van der Waals surface area contributed by atoms with Crippen molar-refractivity contribution in [3.8, 4) is 0 Å². The summed E-state index contributed by atoms with van der Waals surface area (Å²) in [6, 6.07) is 11.4. The number of ketones is 1. The average molecular weight is 438 g/mol. The fraction of sp³-hybridized carbons (Fsp3) is 0.227. The fourth-order valence-corrected chi connectivity index (χ4v) is 4.36. The van der Waals surface area contributed by atoms with Crippen molar-refractivity contribution in [2.75, 3.05) is 5.32 Å². The van der Waals surface area contributed by atoms with Crippen LogP contribution in [0.25, 0.3) is 0 Å². The van der Waals surface area contributed by atoms with Crippen LogP contribution in [0.4, 0.5) is 5.69 Å². The van der Waals surface area contributed by atoms with Gasteiger partial charge in [0.05, 0.1) is 11.9 Å². The number of allylic oxidation sites excluding steroid dienone is 3. The minimum absolute atomic E-state index is 0.109. The van der Waals surface area contributed by atoms with E-state index in [0.717, 1.165) is 34.3 Å². The summed E-state index contributed by atoms with van der Waals surface area (Å²) in [6.45, 7) is 1.89. The summed E-state index contributed by atoms with van der Waals surface area (Å²) in [4.78, 5) is 30.2. The highest BCUT2D eigenvalue weighted by Gasteiger charge is 2.38. The van der Waals surface area contributed by atoms with Crippen LogP contribution in [0.3, 0.4) is 0 Å². The van der Waals surface area contributed by atoms with Gasteiger partial charge in [-0.05, 0) is 49.6 Å². The van der Waals surface area contributed by atoms with Crippen LogP contribution in [0.15, 0.2) is 75.8 Å². The monoisotopic (exact) mass is 437 g/mol. The van der Waals surface area contributed by atoms with Crippen LogP contribution < -0.4 is 10.6 Å². The molecule has 1 unspecified atom stereocenters. The van der Waals surface area contributed by atoms with Gasteiger partial charge in [0, 0.05) is 45.5 Å². The molecule has 1 aromatic carbocycles. The topological polar surface area (TPSA) is 71.1 Å². The maximum atomic E-state index is 13.2. The summed E-state index contributed by atoms with van der Waals surface area (Å²) >= 11 is 3.52. The number of benzene rings is 1. The summed E-state index contributed by atoms with van der Waals surface area (Å²) < 4.78 is 0.915. The summed E-state index contributed by atoms with van der Waals surface area (Å²) in [5.41, 5.74) is 4.54. The minimum Gasteiger partial charge on any atom is -0.362 e. The number of rotatable bonds is 3. The zero-order valence-corrected chi connectivity index (χ0v) is 17.0. The molecule has 1 aromatic heterocycles. The van der Waals surface area contributed by atoms with Crippen molar-refractivity contribution >= 4 is 33.3 Å². The Labute approximate surface area is 172 Å². The van der Waals surface area contributed by atoms with E-state index in [1.165, 1.54) is 0 Å². The number of pyridine rings is 1. The lowest BCUT2D eigenvalue weighted by Gasteiger charge is -2.34. The molecule has 1 amide bonds. The van der Waals surface area contributed by atoms with Crippen LogP contribution in [0.2, 0.25) is 0 Å². The standard InChI is InChI=1S/C22H20BrN3O2/c1-13-19(22(28)26-16-7-4-10-24-12-16)20(14-5-2-6-15(23)11-14)21-17(25-13)8-3-9-18(21)27/h2,4-7,10-12,20,25H,3,8-9H2,1H3,(H,26,28). The highest BCUT2D eigenvalue weighted by molar-refractivity contribution is 9.10. The molecule has 0 bridgehead atoms. The molecule has 4 rings (SSSR count). The number of nitrogens with one attached hydrogen (secondary N) is 2. The molecule has 0 fully saturated rings. The van der Waals surface area contributed by atoms with Crippen molar-refractivity contribution < 1.29 is 9.59 Å². The van der Waals surface area contributed by atoms with Gasteiger partial charge in [-0.15, -0.1) is 0 Å². The summed E-state index contributed by atoms with van der Waals surface area (Å²) in [5, 5.41) is 6.25. The summed E-state index contributed by atoms with van der Waals surface area (Å²) in [5.74, 6) is -0.510.